The lowest BCUT2D eigenvalue weighted by atomic mass is 9.93. The second-order valence-electron chi connectivity index (χ2n) is 5.19. The Bertz CT molecular complexity index is 692. The van der Waals surface area contributed by atoms with Gasteiger partial charge in [-0.05, 0) is 35.7 Å². The number of amides is 1. The summed E-state index contributed by atoms with van der Waals surface area (Å²) in [5.74, 6) is -0.967. The van der Waals surface area contributed by atoms with E-state index in [9.17, 15) is 9.59 Å². The van der Waals surface area contributed by atoms with Crippen LogP contribution in [-0.4, -0.2) is 17.7 Å². The second kappa shape index (κ2) is 5.34. The van der Waals surface area contributed by atoms with E-state index >= 15 is 0 Å². The van der Waals surface area contributed by atoms with E-state index in [0.29, 0.717) is 5.02 Å². The van der Waals surface area contributed by atoms with Crippen LogP contribution in [-0.2, 0) is 9.59 Å². The molecule has 1 fully saturated rings. The van der Waals surface area contributed by atoms with Gasteiger partial charge in [0, 0.05) is 5.02 Å². The maximum absolute atomic E-state index is 12.0. The van der Waals surface area contributed by atoms with Gasteiger partial charge in [0.2, 0.25) is 5.91 Å². The first kappa shape index (κ1) is 13.8. The molecule has 1 aliphatic rings. The number of hydrogen-bond donors (Lipinski definition) is 1. The van der Waals surface area contributed by atoms with Gasteiger partial charge in [-0.3, -0.25) is 9.59 Å². The highest BCUT2D eigenvalue weighted by molar-refractivity contribution is 6.30. The average Bonchev–Trinajstić information content (AvgIpc) is 2.73. The molecule has 1 amide bonds. The van der Waals surface area contributed by atoms with Crippen LogP contribution in [0.3, 0.4) is 0 Å². The Morgan fingerprint density at radius 1 is 0.905 bits per heavy atom. The third kappa shape index (κ3) is 2.57. The molecule has 106 valence electrons. The lowest BCUT2D eigenvalue weighted by Gasteiger charge is -2.08. The summed E-state index contributed by atoms with van der Waals surface area (Å²) in [6.45, 7) is 1.71. The number of carbonyl (C=O) groups excluding carboxylic acids is 2. The van der Waals surface area contributed by atoms with E-state index < -0.39 is 12.0 Å². The summed E-state index contributed by atoms with van der Waals surface area (Å²) in [7, 11) is 0. The summed E-state index contributed by atoms with van der Waals surface area (Å²) in [6, 6.07) is 14.7. The molecule has 3 rings (SSSR count). The SMILES string of the molecule is CC1NC(=O)C(c2ccc(-c3ccc(Cl)cc3)cc2)C1=O. The molecule has 0 spiro atoms. The van der Waals surface area contributed by atoms with Crippen LogP contribution in [0.1, 0.15) is 18.4 Å². The molecule has 1 N–H and O–H groups in total. The summed E-state index contributed by atoms with van der Waals surface area (Å²) in [5, 5.41) is 3.36. The minimum atomic E-state index is -0.681. The number of carbonyl (C=O) groups is 2. The fourth-order valence-electron chi connectivity index (χ4n) is 2.57. The highest BCUT2D eigenvalue weighted by Crippen LogP contribution is 2.27. The number of halogens is 1. The van der Waals surface area contributed by atoms with Crippen molar-refractivity contribution < 1.29 is 9.59 Å². The van der Waals surface area contributed by atoms with Crippen LogP contribution in [0.15, 0.2) is 48.5 Å². The van der Waals surface area contributed by atoms with Gasteiger partial charge in [0.1, 0.15) is 5.92 Å². The van der Waals surface area contributed by atoms with Crippen molar-refractivity contribution in [2.45, 2.75) is 18.9 Å². The second-order valence-corrected chi connectivity index (χ2v) is 5.63. The monoisotopic (exact) mass is 299 g/mol. The zero-order valence-corrected chi connectivity index (χ0v) is 12.2. The Hall–Kier alpha value is -2.13. The largest absolute Gasteiger partial charge is 0.346 e. The van der Waals surface area contributed by atoms with Crippen LogP contribution >= 0.6 is 11.6 Å². The maximum Gasteiger partial charge on any atom is 0.235 e. The van der Waals surface area contributed by atoms with Gasteiger partial charge in [0.05, 0.1) is 6.04 Å². The van der Waals surface area contributed by atoms with Crippen LogP contribution in [0.2, 0.25) is 5.02 Å². The smallest absolute Gasteiger partial charge is 0.235 e. The third-order valence-corrected chi connectivity index (χ3v) is 4.01. The number of nitrogens with one attached hydrogen (secondary N) is 1. The van der Waals surface area contributed by atoms with E-state index in [0.717, 1.165) is 16.7 Å². The average molecular weight is 300 g/mol. The highest BCUT2D eigenvalue weighted by atomic mass is 35.5. The van der Waals surface area contributed by atoms with E-state index in [-0.39, 0.29) is 11.7 Å². The molecule has 0 bridgehead atoms. The standard InChI is InChI=1S/C17H14ClNO2/c1-10-16(20)15(17(21)19-10)13-4-2-11(3-5-13)12-6-8-14(18)9-7-12/h2-10,15H,1H3,(H,19,21). The molecule has 2 unspecified atom stereocenters. The predicted octanol–water partition coefficient (Wildman–Crippen LogP) is 3.18. The molecule has 1 heterocycles. The number of hydrogen-bond acceptors (Lipinski definition) is 2. The van der Waals surface area contributed by atoms with Crippen molar-refractivity contribution in [3.63, 3.8) is 0 Å². The Balaban J connectivity index is 1.89. The van der Waals surface area contributed by atoms with Crippen molar-refractivity contribution in [3.05, 3.63) is 59.1 Å². The van der Waals surface area contributed by atoms with Gasteiger partial charge in [-0.25, -0.2) is 0 Å². The van der Waals surface area contributed by atoms with Crippen molar-refractivity contribution >= 4 is 23.3 Å². The van der Waals surface area contributed by atoms with Gasteiger partial charge in [0.25, 0.3) is 0 Å². The Labute approximate surface area is 127 Å². The van der Waals surface area contributed by atoms with Crippen molar-refractivity contribution in [3.8, 4) is 11.1 Å². The fourth-order valence-corrected chi connectivity index (χ4v) is 2.70. The van der Waals surface area contributed by atoms with Crippen LogP contribution in [0.5, 0.6) is 0 Å². The van der Waals surface area contributed by atoms with Crippen LogP contribution in [0.4, 0.5) is 0 Å². The highest BCUT2D eigenvalue weighted by Gasteiger charge is 2.39. The quantitative estimate of drug-likeness (QED) is 0.866. The molecule has 0 aliphatic carbocycles. The molecular weight excluding hydrogens is 286 g/mol. The lowest BCUT2D eigenvalue weighted by molar-refractivity contribution is -0.124. The lowest BCUT2D eigenvalue weighted by Crippen LogP contribution is -2.25. The molecule has 1 saturated heterocycles. The molecule has 2 atom stereocenters. The molecule has 0 saturated carbocycles. The molecule has 0 radical (unpaired) electrons. The van der Waals surface area contributed by atoms with Gasteiger partial charge in [0.15, 0.2) is 5.78 Å². The summed E-state index contributed by atoms with van der Waals surface area (Å²) < 4.78 is 0. The Morgan fingerprint density at radius 2 is 1.43 bits per heavy atom. The minimum Gasteiger partial charge on any atom is -0.346 e. The van der Waals surface area contributed by atoms with Crippen LogP contribution in [0.25, 0.3) is 11.1 Å². The van der Waals surface area contributed by atoms with Gasteiger partial charge < -0.3 is 5.32 Å². The fraction of sp³-hybridized carbons (Fsp3) is 0.176. The predicted molar refractivity (Wildman–Crippen MR) is 82.2 cm³/mol. The number of Topliss-reactive ketones (excluding diaryl/α,β-unsaturated/α-hetero) is 1. The Morgan fingerprint density at radius 3 is 1.90 bits per heavy atom. The first-order valence-electron chi connectivity index (χ1n) is 6.76. The minimum absolute atomic E-state index is 0.0701. The van der Waals surface area contributed by atoms with E-state index in [1.54, 1.807) is 6.92 Å². The zero-order chi connectivity index (χ0) is 15.0. The molecule has 2 aromatic carbocycles. The number of benzene rings is 2. The van der Waals surface area contributed by atoms with E-state index in [4.69, 9.17) is 11.6 Å². The van der Waals surface area contributed by atoms with Crippen molar-refractivity contribution in [2.75, 3.05) is 0 Å². The number of ketones is 1. The molecular formula is C17H14ClNO2. The van der Waals surface area contributed by atoms with E-state index in [1.165, 1.54) is 0 Å². The van der Waals surface area contributed by atoms with Crippen molar-refractivity contribution in [2.24, 2.45) is 0 Å². The molecule has 4 heteroatoms. The molecule has 2 aromatic rings. The van der Waals surface area contributed by atoms with Gasteiger partial charge in [-0.1, -0.05) is 48.0 Å². The van der Waals surface area contributed by atoms with Gasteiger partial charge in [-0.15, -0.1) is 0 Å². The van der Waals surface area contributed by atoms with Crippen LogP contribution < -0.4 is 5.32 Å². The molecule has 1 aliphatic heterocycles. The first-order valence-corrected chi connectivity index (χ1v) is 7.14. The first-order chi connectivity index (χ1) is 10.1. The molecule has 21 heavy (non-hydrogen) atoms. The molecule has 0 aromatic heterocycles. The van der Waals surface area contributed by atoms with E-state index in [1.807, 2.05) is 48.5 Å². The maximum atomic E-state index is 12.0. The summed E-state index contributed by atoms with van der Waals surface area (Å²) in [6.07, 6.45) is 0. The Kier molecular flexibility index (Phi) is 3.52. The normalized spacial score (nSPS) is 21.4. The van der Waals surface area contributed by atoms with Gasteiger partial charge in [-0.2, -0.15) is 0 Å². The molecule has 3 nitrogen and oxygen atoms in total. The zero-order valence-electron chi connectivity index (χ0n) is 11.5. The van der Waals surface area contributed by atoms with Gasteiger partial charge >= 0.3 is 0 Å². The summed E-state index contributed by atoms with van der Waals surface area (Å²) in [5.41, 5.74) is 2.80. The third-order valence-electron chi connectivity index (χ3n) is 3.75. The number of rotatable bonds is 2. The summed E-state index contributed by atoms with van der Waals surface area (Å²) >= 11 is 5.87. The van der Waals surface area contributed by atoms with Crippen LogP contribution in [0, 0.1) is 0 Å². The summed E-state index contributed by atoms with van der Waals surface area (Å²) in [4.78, 5) is 23.9. The van der Waals surface area contributed by atoms with Crippen molar-refractivity contribution in [1.29, 1.82) is 0 Å². The topological polar surface area (TPSA) is 46.2 Å². The van der Waals surface area contributed by atoms with Crippen molar-refractivity contribution in [1.82, 2.24) is 5.32 Å². The van der Waals surface area contributed by atoms with E-state index in [2.05, 4.69) is 5.32 Å².